The Balaban J connectivity index is 2.02. The van der Waals surface area contributed by atoms with E-state index in [9.17, 15) is 4.79 Å². The van der Waals surface area contributed by atoms with E-state index in [1.165, 1.54) is 0 Å². The van der Waals surface area contributed by atoms with Crippen molar-refractivity contribution >= 4 is 11.6 Å². The summed E-state index contributed by atoms with van der Waals surface area (Å²) in [6.07, 6.45) is 5.44. The predicted octanol–water partition coefficient (Wildman–Crippen LogP) is 1.08. The van der Waals surface area contributed by atoms with Gasteiger partial charge in [-0.05, 0) is 37.9 Å². The van der Waals surface area contributed by atoms with Crippen LogP contribution in [0.1, 0.15) is 18.4 Å². The molecule has 1 aliphatic heterocycles. The predicted molar refractivity (Wildman–Crippen MR) is 58.6 cm³/mol. The molecule has 1 amide bonds. The number of aryl methyl sites for hydroxylation is 1. The average Bonchev–Trinajstić information content (AvgIpc) is 2.74. The normalized spacial score (nSPS) is 20.2. The van der Waals surface area contributed by atoms with E-state index in [0.717, 1.165) is 30.6 Å². The van der Waals surface area contributed by atoms with Crippen molar-refractivity contribution in [3.05, 3.63) is 24.0 Å². The molecule has 1 aliphatic rings. The SMILES string of the molecule is Cc1cnccc1NC(=O)C1CCCN1. The molecule has 2 N–H and O–H groups in total. The van der Waals surface area contributed by atoms with Crippen LogP contribution in [0.2, 0.25) is 0 Å². The zero-order valence-corrected chi connectivity index (χ0v) is 8.79. The Morgan fingerprint density at radius 1 is 1.67 bits per heavy atom. The molecular weight excluding hydrogens is 190 g/mol. The maximum Gasteiger partial charge on any atom is 0.241 e. The highest BCUT2D eigenvalue weighted by Gasteiger charge is 2.21. The van der Waals surface area contributed by atoms with E-state index < -0.39 is 0 Å². The van der Waals surface area contributed by atoms with Crippen molar-refractivity contribution < 1.29 is 4.79 Å². The minimum atomic E-state index is -0.0300. The Hall–Kier alpha value is -1.42. The van der Waals surface area contributed by atoms with Gasteiger partial charge in [0, 0.05) is 18.1 Å². The molecule has 1 aromatic heterocycles. The average molecular weight is 205 g/mol. The molecular formula is C11H15N3O. The number of rotatable bonds is 2. The first-order valence-corrected chi connectivity index (χ1v) is 5.22. The molecule has 4 nitrogen and oxygen atoms in total. The molecule has 80 valence electrons. The molecule has 2 rings (SSSR count). The van der Waals surface area contributed by atoms with Gasteiger partial charge < -0.3 is 10.6 Å². The lowest BCUT2D eigenvalue weighted by molar-refractivity contribution is -0.117. The Kier molecular flexibility index (Phi) is 2.97. The number of pyridine rings is 1. The van der Waals surface area contributed by atoms with Crippen LogP contribution in [-0.4, -0.2) is 23.5 Å². The summed E-state index contributed by atoms with van der Waals surface area (Å²) >= 11 is 0. The molecule has 1 aromatic rings. The van der Waals surface area contributed by atoms with Gasteiger partial charge in [-0.3, -0.25) is 9.78 Å². The summed E-state index contributed by atoms with van der Waals surface area (Å²) in [4.78, 5) is 15.8. The lowest BCUT2D eigenvalue weighted by atomic mass is 10.2. The summed E-state index contributed by atoms with van der Waals surface area (Å²) in [6, 6.07) is 1.79. The van der Waals surface area contributed by atoms with E-state index in [-0.39, 0.29) is 11.9 Å². The zero-order chi connectivity index (χ0) is 10.7. The second-order valence-corrected chi connectivity index (χ2v) is 3.83. The summed E-state index contributed by atoms with van der Waals surface area (Å²) in [7, 11) is 0. The fourth-order valence-electron chi connectivity index (χ4n) is 1.74. The van der Waals surface area contributed by atoms with Crippen LogP contribution >= 0.6 is 0 Å². The third-order valence-electron chi connectivity index (χ3n) is 2.65. The van der Waals surface area contributed by atoms with Crippen LogP contribution in [0.4, 0.5) is 5.69 Å². The monoisotopic (exact) mass is 205 g/mol. The first-order valence-electron chi connectivity index (χ1n) is 5.22. The molecule has 0 spiro atoms. The number of anilines is 1. The first kappa shape index (κ1) is 10.1. The minimum Gasteiger partial charge on any atom is -0.324 e. The fourth-order valence-corrected chi connectivity index (χ4v) is 1.74. The number of nitrogens with zero attached hydrogens (tertiary/aromatic N) is 1. The van der Waals surface area contributed by atoms with E-state index in [0.29, 0.717) is 0 Å². The van der Waals surface area contributed by atoms with Crippen LogP contribution in [-0.2, 0) is 4.79 Å². The van der Waals surface area contributed by atoms with Crippen LogP contribution < -0.4 is 10.6 Å². The van der Waals surface area contributed by atoms with Gasteiger partial charge in [0.25, 0.3) is 0 Å². The van der Waals surface area contributed by atoms with Crippen molar-refractivity contribution in [2.45, 2.75) is 25.8 Å². The molecule has 15 heavy (non-hydrogen) atoms. The Bertz CT molecular complexity index is 359. The fraction of sp³-hybridized carbons (Fsp3) is 0.455. The van der Waals surface area contributed by atoms with Crippen LogP contribution in [0.3, 0.4) is 0 Å². The lowest BCUT2D eigenvalue weighted by Crippen LogP contribution is -2.35. The molecule has 0 saturated carbocycles. The van der Waals surface area contributed by atoms with Gasteiger partial charge in [0.05, 0.1) is 6.04 Å². The summed E-state index contributed by atoms with van der Waals surface area (Å²) in [5.74, 6) is 0.0572. The van der Waals surface area contributed by atoms with Crippen molar-refractivity contribution in [2.75, 3.05) is 11.9 Å². The van der Waals surface area contributed by atoms with Crippen LogP contribution in [0, 0.1) is 6.92 Å². The molecule has 1 fully saturated rings. The highest BCUT2D eigenvalue weighted by molar-refractivity contribution is 5.95. The van der Waals surface area contributed by atoms with E-state index >= 15 is 0 Å². The van der Waals surface area contributed by atoms with Crippen molar-refractivity contribution in [3.63, 3.8) is 0 Å². The van der Waals surface area contributed by atoms with Crippen molar-refractivity contribution in [2.24, 2.45) is 0 Å². The second kappa shape index (κ2) is 4.40. The Morgan fingerprint density at radius 3 is 3.20 bits per heavy atom. The summed E-state index contributed by atoms with van der Waals surface area (Å²) in [5.41, 5.74) is 1.84. The van der Waals surface area contributed by atoms with Gasteiger partial charge in [0.2, 0.25) is 5.91 Å². The number of amides is 1. The van der Waals surface area contributed by atoms with E-state index in [2.05, 4.69) is 15.6 Å². The molecule has 1 atom stereocenters. The van der Waals surface area contributed by atoms with E-state index in [1.807, 2.05) is 13.0 Å². The Labute approximate surface area is 89.1 Å². The number of nitrogens with one attached hydrogen (secondary N) is 2. The van der Waals surface area contributed by atoms with Gasteiger partial charge in [-0.15, -0.1) is 0 Å². The highest BCUT2D eigenvalue weighted by atomic mass is 16.2. The quantitative estimate of drug-likeness (QED) is 0.759. The molecule has 0 aliphatic carbocycles. The molecule has 2 heterocycles. The lowest BCUT2D eigenvalue weighted by Gasteiger charge is -2.12. The molecule has 0 aromatic carbocycles. The molecule has 1 unspecified atom stereocenters. The van der Waals surface area contributed by atoms with Crippen molar-refractivity contribution in [1.82, 2.24) is 10.3 Å². The van der Waals surface area contributed by atoms with Crippen LogP contribution in [0.25, 0.3) is 0 Å². The molecule has 0 radical (unpaired) electrons. The third kappa shape index (κ3) is 2.33. The van der Waals surface area contributed by atoms with Crippen molar-refractivity contribution in [3.8, 4) is 0 Å². The summed E-state index contributed by atoms with van der Waals surface area (Å²) in [6.45, 7) is 2.87. The third-order valence-corrected chi connectivity index (χ3v) is 2.65. The van der Waals surface area contributed by atoms with Crippen LogP contribution in [0.15, 0.2) is 18.5 Å². The highest BCUT2D eigenvalue weighted by Crippen LogP contribution is 2.13. The van der Waals surface area contributed by atoms with Crippen molar-refractivity contribution in [1.29, 1.82) is 0 Å². The number of hydrogen-bond acceptors (Lipinski definition) is 3. The van der Waals surface area contributed by atoms with Gasteiger partial charge in [0.1, 0.15) is 0 Å². The molecule has 4 heteroatoms. The van der Waals surface area contributed by atoms with Crippen LogP contribution in [0.5, 0.6) is 0 Å². The number of carbonyl (C=O) groups excluding carboxylic acids is 1. The maximum absolute atomic E-state index is 11.8. The van der Waals surface area contributed by atoms with E-state index in [1.54, 1.807) is 12.4 Å². The number of carbonyl (C=O) groups is 1. The number of hydrogen-bond donors (Lipinski definition) is 2. The van der Waals surface area contributed by atoms with Gasteiger partial charge in [-0.25, -0.2) is 0 Å². The second-order valence-electron chi connectivity index (χ2n) is 3.83. The van der Waals surface area contributed by atoms with Gasteiger partial charge in [0.15, 0.2) is 0 Å². The number of aromatic nitrogens is 1. The van der Waals surface area contributed by atoms with Gasteiger partial charge in [-0.2, -0.15) is 0 Å². The largest absolute Gasteiger partial charge is 0.324 e. The van der Waals surface area contributed by atoms with Gasteiger partial charge >= 0.3 is 0 Å². The minimum absolute atomic E-state index is 0.0300. The standard InChI is InChI=1S/C11H15N3O/c1-8-7-12-6-4-9(8)14-11(15)10-3-2-5-13-10/h4,6-7,10,13H,2-3,5H2,1H3,(H,12,14,15). The molecule has 1 saturated heterocycles. The smallest absolute Gasteiger partial charge is 0.241 e. The molecule has 0 bridgehead atoms. The van der Waals surface area contributed by atoms with Gasteiger partial charge in [-0.1, -0.05) is 0 Å². The Morgan fingerprint density at radius 2 is 2.53 bits per heavy atom. The summed E-state index contributed by atoms with van der Waals surface area (Å²) < 4.78 is 0. The topological polar surface area (TPSA) is 54.0 Å². The maximum atomic E-state index is 11.8. The van der Waals surface area contributed by atoms with E-state index in [4.69, 9.17) is 0 Å². The summed E-state index contributed by atoms with van der Waals surface area (Å²) in [5, 5.41) is 6.08. The first-order chi connectivity index (χ1) is 7.27. The zero-order valence-electron chi connectivity index (χ0n) is 8.79.